The Labute approximate surface area is 839 Å². The van der Waals surface area contributed by atoms with Gasteiger partial charge in [-0.25, -0.2) is 19.9 Å². The molecule has 0 aliphatic rings. The van der Waals surface area contributed by atoms with Crippen LogP contribution >= 0.6 is 0 Å². The van der Waals surface area contributed by atoms with E-state index in [1.54, 1.807) is 0 Å². The molecule has 0 fully saturated rings. The molecule has 0 atom stereocenters. The Morgan fingerprint density at radius 3 is 0.403 bits per heavy atom. The van der Waals surface area contributed by atoms with E-state index in [1.165, 1.54) is 27.8 Å². The molecule has 0 spiro atoms. The molecule has 10 heterocycles. The standard InChI is InChI=1S/C35H25N.3C33H23N3/c1-5-13-26(14-6-1)30-21-31(27-15-7-2-8-16-27)23-32(22-30)33-24-34(28-17-9-3-10-18-28)36-35(25-33)29-19-11-4-12-20-29;1-3-11-24(12-4-1)32-22-27(23-33(36-32)25-13-5-2-6-14-25)26-19-28(30-15-7-9-17-34-30)21-29(20-26)31-16-8-10-18-35-31;1-3-9-25(10-4-1)32-22-29(23-33(36-32)26-11-5-2-6-12-26)28-19-27(24-14-17-34-18-15-24)20-30(21-28)31-13-7-8-16-35-31;1-3-7-24(8-4-1)30-22-32(27-9-5-2-6-10-27)36-33(23-30)31-20-28(25-11-15-34-16-12-25)19-29(21-31)26-13-17-35-18-14-26/h1-25H;3*1-23H. The molecular formula is C134H94N10. The molecule has 0 unspecified atom stereocenters. The van der Waals surface area contributed by atoms with Gasteiger partial charge in [0.05, 0.1) is 62.6 Å². The summed E-state index contributed by atoms with van der Waals surface area (Å²) in [7, 11) is 0. The largest absolute Gasteiger partial charge is 0.265 e. The predicted octanol–water partition coefficient (Wildman–Crippen LogP) is 34.0. The van der Waals surface area contributed by atoms with Crippen molar-refractivity contribution in [2.75, 3.05) is 0 Å². The van der Waals surface area contributed by atoms with Crippen LogP contribution in [0.5, 0.6) is 0 Å². The minimum atomic E-state index is 0.928. The van der Waals surface area contributed by atoms with Gasteiger partial charge in [0.2, 0.25) is 0 Å². The van der Waals surface area contributed by atoms with Crippen LogP contribution in [0.2, 0.25) is 0 Å². The fourth-order valence-electron chi connectivity index (χ4n) is 17.8. The Hall–Kier alpha value is -19.4. The average molecular weight is 1840 g/mol. The highest BCUT2D eigenvalue weighted by molar-refractivity contribution is 5.90. The topological polar surface area (TPSA) is 129 Å². The molecule has 24 aromatic rings. The van der Waals surface area contributed by atoms with E-state index in [-0.39, 0.29) is 0 Å². The first kappa shape index (κ1) is 91.0. The maximum atomic E-state index is 5.14. The summed E-state index contributed by atoms with van der Waals surface area (Å²) >= 11 is 0. The van der Waals surface area contributed by atoms with Crippen molar-refractivity contribution < 1.29 is 0 Å². The highest BCUT2D eigenvalue weighted by Gasteiger charge is 2.20. The highest BCUT2D eigenvalue weighted by Crippen LogP contribution is 2.43. The third-order valence-corrected chi connectivity index (χ3v) is 25.1. The van der Waals surface area contributed by atoms with Crippen molar-refractivity contribution in [1.82, 2.24) is 49.8 Å². The summed E-state index contributed by atoms with van der Waals surface area (Å²) in [5, 5.41) is 0. The van der Waals surface area contributed by atoms with Crippen LogP contribution in [-0.2, 0) is 0 Å². The van der Waals surface area contributed by atoms with Crippen molar-refractivity contribution in [2.45, 2.75) is 0 Å². The molecule has 680 valence electrons. The fourth-order valence-corrected chi connectivity index (χ4v) is 17.8. The molecule has 14 aromatic carbocycles. The second kappa shape index (κ2) is 44.4. The van der Waals surface area contributed by atoms with Crippen LogP contribution < -0.4 is 0 Å². The molecule has 0 N–H and O–H groups in total. The number of nitrogens with zero attached hydrogens (tertiary/aromatic N) is 10. The van der Waals surface area contributed by atoms with Gasteiger partial charge in [0.25, 0.3) is 0 Å². The van der Waals surface area contributed by atoms with Gasteiger partial charge in [0.15, 0.2) is 0 Å². The minimum absolute atomic E-state index is 0.928. The molecule has 0 saturated carbocycles. The van der Waals surface area contributed by atoms with Crippen LogP contribution in [0.4, 0.5) is 0 Å². The minimum Gasteiger partial charge on any atom is -0.265 e. The van der Waals surface area contributed by atoms with Gasteiger partial charge in [0.1, 0.15) is 0 Å². The summed E-state index contributed by atoms with van der Waals surface area (Å²) in [5.41, 5.74) is 42.8. The van der Waals surface area contributed by atoms with E-state index < -0.39 is 0 Å². The summed E-state index contributed by atoms with van der Waals surface area (Å²) in [5.74, 6) is 0. The zero-order valence-electron chi connectivity index (χ0n) is 78.7. The number of hydrogen-bond donors (Lipinski definition) is 0. The van der Waals surface area contributed by atoms with Gasteiger partial charge >= 0.3 is 0 Å². The van der Waals surface area contributed by atoms with Crippen LogP contribution in [0, 0.1) is 0 Å². The number of rotatable bonds is 20. The molecule has 10 heteroatoms. The zero-order chi connectivity index (χ0) is 96.6. The van der Waals surface area contributed by atoms with E-state index in [0.717, 1.165) is 196 Å². The highest BCUT2D eigenvalue weighted by atomic mass is 14.7. The third-order valence-electron chi connectivity index (χ3n) is 25.1. The van der Waals surface area contributed by atoms with Gasteiger partial charge in [-0.05, 0) is 294 Å². The summed E-state index contributed by atoms with van der Waals surface area (Å²) < 4.78 is 0. The second-order valence-corrected chi connectivity index (χ2v) is 34.7. The molecule has 0 amide bonds. The molecule has 24 rings (SSSR count). The normalized spacial score (nSPS) is 10.8. The first-order valence-electron chi connectivity index (χ1n) is 48.0. The number of hydrogen-bond acceptors (Lipinski definition) is 10. The molecule has 0 bridgehead atoms. The van der Waals surface area contributed by atoms with Crippen molar-refractivity contribution in [1.29, 1.82) is 0 Å². The quantitative estimate of drug-likeness (QED) is 0.0727. The lowest BCUT2D eigenvalue weighted by atomic mass is 9.92. The maximum Gasteiger partial charge on any atom is 0.0716 e. The summed E-state index contributed by atoms with van der Waals surface area (Å²) in [6.45, 7) is 0. The molecule has 0 aliphatic carbocycles. The lowest BCUT2D eigenvalue weighted by Crippen LogP contribution is -1.93. The molecule has 0 aliphatic heterocycles. The smallest absolute Gasteiger partial charge is 0.0716 e. The zero-order valence-corrected chi connectivity index (χ0v) is 78.7. The van der Waals surface area contributed by atoms with E-state index in [1.807, 2.05) is 220 Å². The Morgan fingerprint density at radius 2 is 0.215 bits per heavy atom. The van der Waals surface area contributed by atoms with Crippen LogP contribution in [0.25, 0.3) is 224 Å². The van der Waals surface area contributed by atoms with Gasteiger partial charge in [-0.3, -0.25) is 29.9 Å². The predicted molar refractivity (Wildman–Crippen MR) is 592 cm³/mol. The Bertz CT molecular complexity index is 6420. The Morgan fingerprint density at radius 1 is 0.0833 bits per heavy atom. The SMILES string of the molecule is c1ccc(-c2cc(-c3cc(-c4ccccn4)cc(-c4ccccn4)c3)cc(-c3ccccc3)n2)cc1.c1ccc(-c2cc(-c3cc(-c4ccncc4)cc(-c4ccccn4)c3)cc(-c3ccccc3)n2)cc1.c1ccc(-c2cc(-c3ccccc3)cc(-c3cc(-c4ccccc4)nc(-c4ccccc4)c3)c2)cc1.c1ccc(-c2cc(-c3ccccc3)nc(-c3cc(-c4ccncc4)cc(-c4ccncc4)c3)c2)cc1. The van der Waals surface area contributed by atoms with Crippen LogP contribution in [0.15, 0.2) is 571 Å². The molecule has 144 heavy (non-hydrogen) atoms. The van der Waals surface area contributed by atoms with Gasteiger partial charge < -0.3 is 0 Å². The lowest BCUT2D eigenvalue weighted by Gasteiger charge is -2.14. The summed E-state index contributed by atoms with van der Waals surface area (Å²) in [4.78, 5) is 46.7. The molecule has 0 radical (unpaired) electrons. The Balaban J connectivity index is 0.000000113. The molecular weight excluding hydrogens is 1750 g/mol. The average Bonchev–Trinajstić information content (AvgIpc) is 0.793. The van der Waals surface area contributed by atoms with E-state index in [2.05, 4.69) is 382 Å². The second-order valence-electron chi connectivity index (χ2n) is 34.7. The summed E-state index contributed by atoms with van der Waals surface area (Å²) in [6.07, 6.45) is 16.5. The number of benzene rings is 14. The van der Waals surface area contributed by atoms with Crippen molar-refractivity contribution in [2.24, 2.45) is 0 Å². The fraction of sp³-hybridized carbons (Fsp3) is 0. The monoisotopic (exact) mass is 1840 g/mol. The van der Waals surface area contributed by atoms with E-state index >= 15 is 0 Å². The van der Waals surface area contributed by atoms with Crippen molar-refractivity contribution in [3.05, 3.63) is 571 Å². The van der Waals surface area contributed by atoms with E-state index in [9.17, 15) is 0 Å². The van der Waals surface area contributed by atoms with Crippen LogP contribution in [-0.4, -0.2) is 49.8 Å². The van der Waals surface area contributed by atoms with Crippen molar-refractivity contribution in [3.8, 4) is 224 Å². The van der Waals surface area contributed by atoms with Crippen molar-refractivity contribution in [3.63, 3.8) is 0 Å². The Kier molecular flexibility index (Phi) is 28.0. The first-order chi connectivity index (χ1) is 71.3. The van der Waals surface area contributed by atoms with Gasteiger partial charge in [0, 0.05) is 117 Å². The third kappa shape index (κ3) is 22.4. The van der Waals surface area contributed by atoms with Crippen LogP contribution in [0.3, 0.4) is 0 Å². The van der Waals surface area contributed by atoms with Gasteiger partial charge in [-0.2, -0.15) is 0 Å². The van der Waals surface area contributed by atoms with Gasteiger partial charge in [-0.1, -0.05) is 322 Å². The van der Waals surface area contributed by atoms with E-state index in [0.29, 0.717) is 0 Å². The maximum absolute atomic E-state index is 5.14. The number of aromatic nitrogens is 10. The molecule has 10 nitrogen and oxygen atoms in total. The van der Waals surface area contributed by atoms with Gasteiger partial charge in [-0.15, -0.1) is 0 Å². The number of pyridine rings is 10. The van der Waals surface area contributed by atoms with Crippen LogP contribution in [0.1, 0.15) is 0 Å². The lowest BCUT2D eigenvalue weighted by molar-refractivity contribution is 1.30. The first-order valence-corrected chi connectivity index (χ1v) is 48.0. The van der Waals surface area contributed by atoms with E-state index in [4.69, 9.17) is 19.9 Å². The summed E-state index contributed by atoms with van der Waals surface area (Å²) in [6, 6.07) is 179. The molecule has 0 saturated heterocycles. The van der Waals surface area contributed by atoms with Crippen molar-refractivity contribution >= 4 is 0 Å². The molecule has 10 aromatic heterocycles.